The van der Waals surface area contributed by atoms with Crippen LogP contribution in [0.3, 0.4) is 0 Å². The molecule has 0 spiro atoms. The second kappa shape index (κ2) is 10.6. The molecule has 2 N–H and O–H groups in total. The third-order valence-electron chi connectivity index (χ3n) is 4.45. The number of piperidine rings is 1. The van der Waals surface area contributed by atoms with Crippen LogP contribution in [0.15, 0.2) is 18.2 Å². The number of rotatable bonds is 8. The van der Waals surface area contributed by atoms with E-state index in [-0.39, 0.29) is 24.6 Å². The van der Waals surface area contributed by atoms with Crippen LogP contribution in [-0.4, -0.2) is 63.4 Å². The fourth-order valence-corrected chi connectivity index (χ4v) is 3.01. The highest BCUT2D eigenvalue weighted by Gasteiger charge is 2.24. The minimum atomic E-state index is -0.279. The number of benzene rings is 1. The summed E-state index contributed by atoms with van der Waals surface area (Å²) in [5.74, 6) is 1.29. The van der Waals surface area contributed by atoms with E-state index in [4.69, 9.17) is 14.2 Å². The molecule has 8 heteroatoms. The van der Waals surface area contributed by atoms with Gasteiger partial charge in [-0.25, -0.2) is 4.79 Å². The van der Waals surface area contributed by atoms with Gasteiger partial charge in [0.2, 0.25) is 5.91 Å². The highest BCUT2D eigenvalue weighted by molar-refractivity contribution is 5.78. The maximum Gasteiger partial charge on any atom is 0.409 e. The Morgan fingerprint density at radius 3 is 2.48 bits per heavy atom. The number of nitrogens with one attached hydrogen (secondary N) is 2. The van der Waals surface area contributed by atoms with Crippen LogP contribution < -0.4 is 20.1 Å². The third-order valence-corrected chi connectivity index (χ3v) is 4.45. The molecule has 2 rings (SSSR count). The first-order chi connectivity index (χ1) is 13.1. The molecule has 0 radical (unpaired) electrons. The van der Waals surface area contributed by atoms with Crippen molar-refractivity contribution in [2.24, 2.45) is 0 Å². The molecule has 0 aromatic heterocycles. The van der Waals surface area contributed by atoms with E-state index in [9.17, 15) is 9.59 Å². The molecule has 8 nitrogen and oxygen atoms in total. The summed E-state index contributed by atoms with van der Waals surface area (Å²) in [4.78, 5) is 25.5. The van der Waals surface area contributed by atoms with Crippen LogP contribution in [0.5, 0.6) is 11.5 Å². The van der Waals surface area contributed by atoms with Crippen LogP contribution in [-0.2, 0) is 16.1 Å². The highest BCUT2D eigenvalue weighted by Crippen LogP contribution is 2.27. The van der Waals surface area contributed by atoms with E-state index in [2.05, 4.69) is 10.6 Å². The first-order valence-corrected chi connectivity index (χ1v) is 9.20. The number of hydrogen-bond donors (Lipinski definition) is 2. The molecule has 1 fully saturated rings. The Hall–Kier alpha value is -2.48. The van der Waals surface area contributed by atoms with Gasteiger partial charge in [0.15, 0.2) is 11.5 Å². The molecule has 1 aliphatic rings. The van der Waals surface area contributed by atoms with Crippen LogP contribution in [0, 0.1) is 0 Å². The van der Waals surface area contributed by atoms with Gasteiger partial charge in [-0.15, -0.1) is 0 Å². The van der Waals surface area contributed by atoms with Gasteiger partial charge in [-0.05, 0) is 37.5 Å². The van der Waals surface area contributed by atoms with E-state index in [1.54, 1.807) is 26.0 Å². The number of hydrogen-bond acceptors (Lipinski definition) is 6. The Morgan fingerprint density at radius 2 is 1.85 bits per heavy atom. The summed E-state index contributed by atoms with van der Waals surface area (Å²) in [6.07, 6.45) is 1.19. The van der Waals surface area contributed by atoms with Gasteiger partial charge < -0.3 is 29.7 Å². The van der Waals surface area contributed by atoms with Gasteiger partial charge in [0.05, 0.1) is 27.4 Å². The minimum absolute atomic E-state index is 0.0509. The van der Waals surface area contributed by atoms with Crippen molar-refractivity contribution in [3.8, 4) is 11.5 Å². The van der Waals surface area contributed by atoms with E-state index >= 15 is 0 Å². The maximum atomic E-state index is 12.1. The molecule has 0 unspecified atom stereocenters. The number of carbonyl (C=O) groups is 2. The van der Waals surface area contributed by atoms with Crippen LogP contribution in [0.25, 0.3) is 0 Å². The Labute approximate surface area is 160 Å². The van der Waals surface area contributed by atoms with Crippen molar-refractivity contribution in [2.75, 3.05) is 40.5 Å². The summed E-state index contributed by atoms with van der Waals surface area (Å²) in [6, 6.07) is 5.74. The molecule has 1 heterocycles. The van der Waals surface area contributed by atoms with Gasteiger partial charge in [-0.3, -0.25) is 4.79 Å². The molecule has 150 valence electrons. The zero-order valence-electron chi connectivity index (χ0n) is 16.2. The van der Waals surface area contributed by atoms with E-state index in [0.29, 0.717) is 37.7 Å². The molecule has 2 amide bonds. The Kier molecular flexibility index (Phi) is 8.19. The Bertz CT molecular complexity index is 630. The lowest BCUT2D eigenvalue weighted by atomic mass is 10.1. The average molecular weight is 379 g/mol. The van der Waals surface area contributed by atoms with Gasteiger partial charge in [-0.2, -0.15) is 0 Å². The van der Waals surface area contributed by atoms with Crippen molar-refractivity contribution < 1.29 is 23.8 Å². The topological polar surface area (TPSA) is 89.1 Å². The summed E-state index contributed by atoms with van der Waals surface area (Å²) in [6.45, 7) is 4.15. The zero-order chi connectivity index (χ0) is 19.6. The van der Waals surface area contributed by atoms with Crippen molar-refractivity contribution in [1.82, 2.24) is 15.5 Å². The average Bonchev–Trinajstić information content (AvgIpc) is 2.68. The quantitative estimate of drug-likeness (QED) is 0.712. The molecule has 0 saturated carbocycles. The highest BCUT2D eigenvalue weighted by atomic mass is 16.6. The lowest BCUT2D eigenvalue weighted by Crippen LogP contribution is -2.48. The molecule has 0 atom stereocenters. The number of ether oxygens (including phenoxy) is 3. The predicted octanol–water partition coefficient (Wildman–Crippen LogP) is 1.53. The van der Waals surface area contributed by atoms with Gasteiger partial charge >= 0.3 is 6.09 Å². The minimum Gasteiger partial charge on any atom is -0.493 e. The number of likely N-dealkylation sites (tertiary alicyclic amines) is 1. The van der Waals surface area contributed by atoms with Gasteiger partial charge in [0.1, 0.15) is 0 Å². The largest absolute Gasteiger partial charge is 0.493 e. The van der Waals surface area contributed by atoms with Gasteiger partial charge in [0.25, 0.3) is 0 Å². The number of carbonyl (C=O) groups excluding carboxylic acids is 2. The molecule has 0 bridgehead atoms. The lowest BCUT2D eigenvalue weighted by Gasteiger charge is -2.31. The molecule has 0 aliphatic carbocycles. The summed E-state index contributed by atoms with van der Waals surface area (Å²) in [5.41, 5.74) is 1.00. The number of methoxy groups -OCH3 is 2. The molecular formula is C19H29N3O5. The second-order valence-corrected chi connectivity index (χ2v) is 6.32. The van der Waals surface area contributed by atoms with Crippen LogP contribution in [0.1, 0.15) is 25.3 Å². The fraction of sp³-hybridized carbons (Fsp3) is 0.579. The molecule has 1 aliphatic heterocycles. The fourth-order valence-electron chi connectivity index (χ4n) is 3.01. The number of amides is 2. The Balaban J connectivity index is 1.69. The molecule has 27 heavy (non-hydrogen) atoms. The van der Waals surface area contributed by atoms with Gasteiger partial charge in [-0.1, -0.05) is 6.07 Å². The second-order valence-electron chi connectivity index (χ2n) is 6.32. The van der Waals surface area contributed by atoms with Crippen molar-refractivity contribution in [1.29, 1.82) is 0 Å². The summed E-state index contributed by atoms with van der Waals surface area (Å²) in [5, 5.41) is 6.14. The molecular weight excluding hydrogens is 350 g/mol. The van der Waals surface area contributed by atoms with Crippen LogP contribution in [0.4, 0.5) is 4.79 Å². The van der Waals surface area contributed by atoms with Crippen molar-refractivity contribution in [3.05, 3.63) is 23.8 Å². The molecule has 1 aromatic carbocycles. The SMILES string of the molecule is CCOC(=O)N1CCC(NC(=O)CNCc2ccc(OC)c(OC)c2)CC1. The standard InChI is InChI=1S/C19H29N3O5/c1-4-27-19(24)22-9-7-15(8-10-22)21-18(23)13-20-12-14-5-6-16(25-2)17(11-14)26-3/h5-6,11,15,20H,4,7-10,12-13H2,1-3H3,(H,21,23). The molecule has 1 saturated heterocycles. The van der Waals surface area contributed by atoms with E-state index in [1.165, 1.54) is 0 Å². The van der Waals surface area contributed by atoms with Crippen molar-refractivity contribution in [2.45, 2.75) is 32.4 Å². The van der Waals surface area contributed by atoms with E-state index in [1.807, 2.05) is 18.2 Å². The predicted molar refractivity (Wildman–Crippen MR) is 101 cm³/mol. The number of nitrogens with zero attached hydrogens (tertiary/aromatic N) is 1. The first-order valence-electron chi connectivity index (χ1n) is 9.20. The maximum absolute atomic E-state index is 12.1. The van der Waals surface area contributed by atoms with Crippen LogP contribution >= 0.6 is 0 Å². The first kappa shape index (κ1) is 20.8. The lowest BCUT2D eigenvalue weighted by molar-refractivity contribution is -0.121. The van der Waals surface area contributed by atoms with Gasteiger partial charge in [0, 0.05) is 25.7 Å². The van der Waals surface area contributed by atoms with Crippen molar-refractivity contribution in [3.63, 3.8) is 0 Å². The molecule has 1 aromatic rings. The van der Waals surface area contributed by atoms with Crippen molar-refractivity contribution >= 4 is 12.0 Å². The Morgan fingerprint density at radius 1 is 1.15 bits per heavy atom. The zero-order valence-corrected chi connectivity index (χ0v) is 16.2. The third kappa shape index (κ3) is 6.32. The van der Waals surface area contributed by atoms with E-state index < -0.39 is 0 Å². The normalized spacial score (nSPS) is 14.6. The monoisotopic (exact) mass is 379 g/mol. The summed E-state index contributed by atoms with van der Waals surface area (Å²) in [7, 11) is 3.19. The summed E-state index contributed by atoms with van der Waals surface area (Å²) < 4.78 is 15.5. The smallest absolute Gasteiger partial charge is 0.409 e. The van der Waals surface area contributed by atoms with E-state index in [0.717, 1.165) is 18.4 Å². The van der Waals surface area contributed by atoms with Crippen LogP contribution in [0.2, 0.25) is 0 Å². The summed E-state index contributed by atoms with van der Waals surface area (Å²) >= 11 is 0.